The lowest BCUT2D eigenvalue weighted by atomic mass is 10.2. The number of anilines is 1. The Labute approximate surface area is 115 Å². The summed E-state index contributed by atoms with van der Waals surface area (Å²) in [5.74, 6) is -0.926. The molecule has 3 N–H and O–H groups in total. The summed E-state index contributed by atoms with van der Waals surface area (Å²) in [6.07, 6.45) is 0.793. The van der Waals surface area contributed by atoms with Crippen molar-refractivity contribution in [1.29, 1.82) is 0 Å². The first-order chi connectivity index (χ1) is 8.86. The number of nitrogen functional groups attached to an aromatic ring is 1. The van der Waals surface area contributed by atoms with Crippen LogP contribution in [0.1, 0.15) is 27.2 Å². The summed E-state index contributed by atoms with van der Waals surface area (Å²) in [4.78, 5) is 12.1. The van der Waals surface area contributed by atoms with Gasteiger partial charge in [0.15, 0.2) is 0 Å². The van der Waals surface area contributed by atoms with Crippen LogP contribution in [0, 0.1) is 5.82 Å². The molecule has 0 fully saturated rings. The van der Waals surface area contributed by atoms with E-state index in [2.05, 4.69) is 5.32 Å². The Morgan fingerprint density at radius 3 is 2.63 bits per heavy atom. The first kappa shape index (κ1) is 15.6. The molecule has 19 heavy (non-hydrogen) atoms. The van der Waals surface area contributed by atoms with Gasteiger partial charge in [0, 0.05) is 10.9 Å². The first-order valence-electron chi connectivity index (χ1n) is 6.12. The van der Waals surface area contributed by atoms with Crippen LogP contribution in [-0.2, 0) is 15.6 Å². The number of hydrogen-bond acceptors (Lipinski definition) is 3. The summed E-state index contributed by atoms with van der Waals surface area (Å²) in [7, 11) is -1.60. The van der Waals surface area contributed by atoms with Crippen molar-refractivity contribution in [2.45, 2.75) is 43.4 Å². The summed E-state index contributed by atoms with van der Waals surface area (Å²) in [5.41, 5.74) is 5.35. The molecule has 1 aromatic carbocycles. The zero-order valence-electron chi connectivity index (χ0n) is 11.3. The molecule has 0 spiro atoms. The standard InChI is InChI=1S/C13H19FN2O2S/c1-4-8(2)16-13(17)9(3)19(18)10-5-6-12(15)11(14)7-10/h5-9H,4,15H2,1-3H3,(H,16,17). The van der Waals surface area contributed by atoms with E-state index in [1.54, 1.807) is 6.92 Å². The minimum absolute atomic E-state index is 0.00235. The third-order valence-electron chi connectivity index (χ3n) is 2.90. The molecular weight excluding hydrogens is 267 g/mol. The molecule has 0 saturated heterocycles. The maximum Gasteiger partial charge on any atom is 0.236 e. The van der Waals surface area contributed by atoms with Crippen LogP contribution in [0.4, 0.5) is 10.1 Å². The molecule has 1 rings (SSSR count). The average Bonchev–Trinajstić information content (AvgIpc) is 2.39. The number of nitrogens with one attached hydrogen (secondary N) is 1. The van der Waals surface area contributed by atoms with Crippen LogP contribution in [0.3, 0.4) is 0 Å². The van der Waals surface area contributed by atoms with Crippen LogP contribution >= 0.6 is 0 Å². The predicted molar refractivity (Wildman–Crippen MR) is 74.6 cm³/mol. The minimum atomic E-state index is -1.60. The van der Waals surface area contributed by atoms with Crippen LogP contribution < -0.4 is 11.1 Å². The van der Waals surface area contributed by atoms with Gasteiger partial charge in [-0.1, -0.05) is 6.92 Å². The Morgan fingerprint density at radius 1 is 1.47 bits per heavy atom. The topological polar surface area (TPSA) is 72.2 Å². The van der Waals surface area contributed by atoms with Gasteiger partial charge in [-0.3, -0.25) is 9.00 Å². The highest BCUT2D eigenvalue weighted by Crippen LogP contribution is 2.17. The lowest BCUT2D eigenvalue weighted by molar-refractivity contribution is -0.120. The molecule has 3 atom stereocenters. The highest BCUT2D eigenvalue weighted by Gasteiger charge is 2.22. The highest BCUT2D eigenvalue weighted by molar-refractivity contribution is 7.86. The smallest absolute Gasteiger partial charge is 0.236 e. The third-order valence-corrected chi connectivity index (χ3v) is 4.47. The van der Waals surface area contributed by atoms with Crippen LogP contribution in [0.15, 0.2) is 23.1 Å². The monoisotopic (exact) mass is 286 g/mol. The van der Waals surface area contributed by atoms with Crippen molar-refractivity contribution in [3.63, 3.8) is 0 Å². The van der Waals surface area contributed by atoms with Crippen LogP contribution in [0.2, 0.25) is 0 Å². The van der Waals surface area contributed by atoms with Gasteiger partial charge in [-0.05, 0) is 38.5 Å². The first-order valence-corrected chi connectivity index (χ1v) is 7.34. The molecule has 0 bridgehead atoms. The minimum Gasteiger partial charge on any atom is -0.396 e. The summed E-state index contributed by atoms with van der Waals surface area (Å²) in [6.45, 7) is 5.38. The fraction of sp³-hybridized carbons (Fsp3) is 0.462. The molecule has 1 aromatic rings. The highest BCUT2D eigenvalue weighted by atomic mass is 32.2. The van der Waals surface area contributed by atoms with E-state index < -0.39 is 21.9 Å². The number of nitrogens with two attached hydrogens (primary N) is 1. The molecule has 0 aliphatic carbocycles. The summed E-state index contributed by atoms with van der Waals surface area (Å²) < 4.78 is 25.5. The van der Waals surface area contributed by atoms with Gasteiger partial charge in [-0.2, -0.15) is 0 Å². The molecule has 0 heterocycles. The van der Waals surface area contributed by atoms with Crippen LogP contribution in [-0.4, -0.2) is 21.4 Å². The maximum absolute atomic E-state index is 13.3. The van der Waals surface area contributed by atoms with Crippen molar-refractivity contribution >= 4 is 22.4 Å². The van der Waals surface area contributed by atoms with E-state index >= 15 is 0 Å². The van der Waals surface area contributed by atoms with E-state index in [4.69, 9.17) is 5.73 Å². The Morgan fingerprint density at radius 2 is 2.11 bits per heavy atom. The van der Waals surface area contributed by atoms with Gasteiger partial charge in [0.25, 0.3) is 0 Å². The van der Waals surface area contributed by atoms with Gasteiger partial charge in [0.05, 0.1) is 16.5 Å². The van der Waals surface area contributed by atoms with Gasteiger partial charge < -0.3 is 11.1 Å². The summed E-state index contributed by atoms with van der Waals surface area (Å²) in [5, 5.41) is 2.02. The number of hydrogen-bond donors (Lipinski definition) is 2. The van der Waals surface area contributed by atoms with Gasteiger partial charge in [0.2, 0.25) is 5.91 Å². The summed E-state index contributed by atoms with van der Waals surface area (Å²) in [6, 6.07) is 3.96. The average molecular weight is 286 g/mol. The predicted octanol–water partition coefficient (Wildman–Crippen LogP) is 1.82. The second kappa shape index (κ2) is 6.65. The number of carbonyl (C=O) groups is 1. The lowest BCUT2D eigenvalue weighted by Crippen LogP contribution is -2.40. The van der Waals surface area contributed by atoms with E-state index in [9.17, 15) is 13.4 Å². The quantitative estimate of drug-likeness (QED) is 0.811. The maximum atomic E-state index is 13.3. The molecule has 1 amide bonds. The van der Waals surface area contributed by atoms with Crippen molar-refractivity contribution in [2.24, 2.45) is 0 Å². The van der Waals surface area contributed by atoms with Crippen molar-refractivity contribution in [3.8, 4) is 0 Å². The van der Waals surface area contributed by atoms with Gasteiger partial charge in [-0.25, -0.2) is 4.39 Å². The molecule has 0 radical (unpaired) electrons. The second-order valence-electron chi connectivity index (χ2n) is 4.44. The van der Waals surface area contributed by atoms with E-state index in [0.717, 1.165) is 12.5 Å². The zero-order valence-corrected chi connectivity index (χ0v) is 12.1. The van der Waals surface area contributed by atoms with E-state index in [1.807, 2.05) is 13.8 Å². The van der Waals surface area contributed by atoms with Gasteiger partial charge >= 0.3 is 0 Å². The molecule has 4 nitrogen and oxygen atoms in total. The van der Waals surface area contributed by atoms with Crippen molar-refractivity contribution in [3.05, 3.63) is 24.0 Å². The number of amides is 1. The SMILES string of the molecule is CCC(C)NC(=O)C(C)S(=O)c1ccc(N)c(F)c1. The number of carbonyl (C=O) groups excluding carboxylic acids is 1. The zero-order chi connectivity index (χ0) is 14.6. The van der Waals surface area contributed by atoms with E-state index in [-0.39, 0.29) is 22.5 Å². The fourth-order valence-corrected chi connectivity index (χ4v) is 2.49. The van der Waals surface area contributed by atoms with Crippen molar-refractivity contribution < 1.29 is 13.4 Å². The molecule has 6 heteroatoms. The number of rotatable bonds is 5. The molecule has 106 valence electrons. The molecule has 3 unspecified atom stereocenters. The van der Waals surface area contributed by atoms with E-state index in [0.29, 0.717) is 0 Å². The molecule has 0 aliphatic rings. The third kappa shape index (κ3) is 4.02. The largest absolute Gasteiger partial charge is 0.396 e. The van der Waals surface area contributed by atoms with Crippen LogP contribution in [0.25, 0.3) is 0 Å². The molecular formula is C13H19FN2O2S. The lowest BCUT2D eigenvalue weighted by Gasteiger charge is -2.16. The van der Waals surface area contributed by atoms with E-state index in [1.165, 1.54) is 12.1 Å². The van der Waals surface area contributed by atoms with Gasteiger partial charge in [0.1, 0.15) is 11.1 Å². The number of halogens is 1. The van der Waals surface area contributed by atoms with Gasteiger partial charge in [-0.15, -0.1) is 0 Å². The second-order valence-corrected chi connectivity index (χ2v) is 6.21. The molecule has 0 aromatic heterocycles. The number of benzene rings is 1. The Hall–Kier alpha value is -1.43. The molecule has 0 aliphatic heterocycles. The Bertz CT molecular complexity index is 494. The van der Waals surface area contributed by atoms with Crippen molar-refractivity contribution in [2.75, 3.05) is 5.73 Å². The fourth-order valence-electron chi connectivity index (χ4n) is 1.40. The summed E-state index contributed by atoms with van der Waals surface area (Å²) >= 11 is 0. The Kier molecular flexibility index (Phi) is 5.47. The Balaban J connectivity index is 2.81. The van der Waals surface area contributed by atoms with Crippen LogP contribution in [0.5, 0.6) is 0 Å². The van der Waals surface area contributed by atoms with Crippen molar-refractivity contribution in [1.82, 2.24) is 5.32 Å². The normalized spacial score (nSPS) is 15.6. The molecule has 0 saturated carbocycles.